The van der Waals surface area contributed by atoms with Gasteiger partial charge in [0.15, 0.2) is 0 Å². The zero-order chi connectivity index (χ0) is 17.1. The summed E-state index contributed by atoms with van der Waals surface area (Å²) in [6, 6.07) is 0. The minimum atomic E-state index is -0.236. The zero-order valence-corrected chi connectivity index (χ0v) is 14.4. The smallest absolute Gasteiger partial charge is 0.226 e. The third kappa shape index (κ3) is 3.48. The first-order valence-corrected chi connectivity index (χ1v) is 8.37. The second-order valence-electron chi connectivity index (χ2n) is 6.13. The molecule has 2 atom stereocenters. The van der Waals surface area contributed by atoms with E-state index in [0.717, 1.165) is 29.8 Å². The number of nitrogens with zero attached hydrogens (tertiary/aromatic N) is 5. The van der Waals surface area contributed by atoms with Crippen LogP contribution in [0.25, 0.3) is 0 Å². The van der Waals surface area contributed by atoms with Gasteiger partial charge in [-0.05, 0) is 26.7 Å². The second kappa shape index (κ2) is 7.12. The molecule has 0 spiro atoms. The minimum Gasteiger partial charge on any atom is -0.373 e. The van der Waals surface area contributed by atoms with Crippen LogP contribution in [0.3, 0.4) is 0 Å². The Hall–Kier alpha value is -2.22. The highest BCUT2D eigenvalue weighted by atomic mass is 16.5. The van der Waals surface area contributed by atoms with Gasteiger partial charge in [-0.2, -0.15) is 20.1 Å². The molecule has 1 amide bonds. The van der Waals surface area contributed by atoms with Crippen LogP contribution in [0.1, 0.15) is 42.8 Å². The molecule has 1 N–H and O–H groups in total. The molecule has 130 valence electrons. The van der Waals surface area contributed by atoms with Gasteiger partial charge in [0.05, 0.1) is 37.0 Å². The van der Waals surface area contributed by atoms with Gasteiger partial charge < -0.3 is 10.1 Å². The monoisotopic (exact) mass is 332 g/mol. The van der Waals surface area contributed by atoms with E-state index in [0.29, 0.717) is 19.7 Å². The second-order valence-corrected chi connectivity index (χ2v) is 6.13. The number of aromatic nitrogens is 5. The van der Waals surface area contributed by atoms with Crippen molar-refractivity contribution < 1.29 is 9.53 Å². The Morgan fingerprint density at radius 2 is 2.29 bits per heavy atom. The van der Waals surface area contributed by atoms with Crippen molar-refractivity contribution in [2.75, 3.05) is 6.61 Å². The van der Waals surface area contributed by atoms with Gasteiger partial charge in [0.1, 0.15) is 5.69 Å². The molecule has 0 radical (unpaired) electrons. The highest BCUT2D eigenvalue weighted by Crippen LogP contribution is 2.33. The number of carbonyl (C=O) groups is 1. The van der Waals surface area contributed by atoms with Gasteiger partial charge >= 0.3 is 0 Å². The van der Waals surface area contributed by atoms with Crippen LogP contribution in [0.2, 0.25) is 0 Å². The number of amides is 1. The number of aryl methyl sites for hydroxylation is 3. The highest BCUT2D eigenvalue weighted by molar-refractivity contribution is 5.79. The average molecular weight is 332 g/mol. The molecule has 0 saturated carbocycles. The Bertz CT molecular complexity index is 707. The molecule has 0 aliphatic carbocycles. The number of carbonyl (C=O) groups excluding carboxylic acids is 1. The first kappa shape index (κ1) is 16.6. The predicted octanol–water partition coefficient (Wildman–Crippen LogP) is 1.12. The van der Waals surface area contributed by atoms with Crippen LogP contribution < -0.4 is 5.32 Å². The summed E-state index contributed by atoms with van der Waals surface area (Å²) in [5.41, 5.74) is 2.60. The van der Waals surface area contributed by atoms with Gasteiger partial charge in [0, 0.05) is 25.4 Å². The largest absolute Gasteiger partial charge is 0.373 e. The van der Waals surface area contributed by atoms with Crippen molar-refractivity contribution in [3.05, 3.63) is 29.3 Å². The predicted molar refractivity (Wildman–Crippen MR) is 86.9 cm³/mol. The summed E-state index contributed by atoms with van der Waals surface area (Å²) in [6.07, 6.45) is 5.15. The Labute approximate surface area is 141 Å². The van der Waals surface area contributed by atoms with Crippen LogP contribution in [-0.2, 0) is 29.7 Å². The van der Waals surface area contributed by atoms with Crippen molar-refractivity contribution in [1.29, 1.82) is 0 Å². The Morgan fingerprint density at radius 1 is 1.46 bits per heavy atom. The average Bonchev–Trinajstić information content (AvgIpc) is 3.18. The maximum atomic E-state index is 12.7. The van der Waals surface area contributed by atoms with Gasteiger partial charge in [0.2, 0.25) is 5.91 Å². The normalized spacial score (nSPS) is 21.0. The first-order valence-electron chi connectivity index (χ1n) is 8.37. The van der Waals surface area contributed by atoms with Crippen LogP contribution in [-0.4, -0.2) is 37.3 Å². The lowest BCUT2D eigenvalue weighted by atomic mass is 9.90. The lowest BCUT2D eigenvalue weighted by Gasteiger charge is -2.30. The number of rotatable bonds is 5. The van der Waals surface area contributed by atoms with Crippen molar-refractivity contribution >= 4 is 5.91 Å². The topological polar surface area (TPSA) is 86.9 Å². The molecule has 3 rings (SSSR count). The molecule has 1 aliphatic rings. The molecule has 8 heteroatoms. The first-order chi connectivity index (χ1) is 11.6. The van der Waals surface area contributed by atoms with Crippen LogP contribution in [0, 0.1) is 12.8 Å². The van der Waals surface area contributed by atoms with Crippen molar-refractivity contribution in [3.63, 3.8) is 0 Å². The molecule has 2 aromatic heterocycles. The summed E-state index contributed by atoms with van der Waals surface area (Å²) >= 11 is 0. The van der Waals surface area contributed by atoms with Gasteiger partial charge in [-0.15, -0.1) is 0 Å². The summed E-state index contributed by atoms with van der Waals surface area (Å²) in [7, 11) is 1.86. The molecule has 1 fully saturated rings. The number of ether oxygens (including phenoxy) is 1. The fourth-order valence-electron chi connectivity index (χ4n) is 3.04. The third-order valence-electron chi connectivity index (χ3n) is 4.34. The van der Waals surface area contributed by atoms with Crippen molar-refractivity contribution in [3.8, 4) is 0 Å². The molecular formula is C16H24N6O2. The van der Waals surface area contributed by atoms with Crippen LogP contribution in [0.5, 0.6) is 0 Å². The van der Waals surface area contributed by atoms with E-state index in [-0.39, 0.29) is 17.9 Å². The molecule has 2 aromatic rings. The number of hydrogen-bond donors (Lipinski definition) is 1. The SMILES string of the molecule is CCn1nc(C)c(CNC(=O)[C@@H]2CCCO[C@H]2c2cnn(C)c2)n1. The fraction of sp³-hybridized carbons (Fsp3) is 0.625. The molecular weight excluding hydrogens is 308 g/mol. The van der Waals surface area contributed by atoms with Crippen LogP contribution >= 0.6 is 0 Å². The molecule has 24 heavy (non-hydrogen) atoms. The Kier molecular flexibility index (Phi) is 4.94. The van der Waals surface area contributed by atoms with Crippen molar-refractivity contribution in [2.24, 2.45) is 13.0 Å². The van der Waals surface area contributed by atoms with E-state index in [1.54, 1.807) is 15.7 Å². The standard InChI is InChI=1S/C16H24N6O2/c1-4-22-19-11(2)14(20-22)9-17-16(23)13-6-5-7-24-15(13)12-8-18-21(3)10-12/h8,10,13,15H,4-7,9H2,1-3H3,(H,17,23)/t13-,15+/m1/s1. The van der Waals surface area contributed by atoms with Crippen molar-refractivity contribution in [1.82, 2.24) is 30.1 Å². The van der Waals surface area contributed by atoms with E-state index in [4.69, 9.17) is 4.74 Å². The van der Waals surface area contributed by atoms with E-state index in [9.17, 15) is 4.79 Å². The molecule has 0 unspecified atom stereocenters. The molecule has 3 heterocycles. The van der Waals surface area contributed by atoms with Crippen LogP contribution in [0.15, 0.2) is 12.4 Å². The van der Waals surface area contributed by atoms with Gasteiger partial charge in [-0.1, -0.05) is 0 Å². The third-order valence-corrected chi connectivity index (χ3v) is 4.34. The number of hydrogen-bond acceptors (Lipinski definition) is 5. The summed E-state index contributed by atoms with van der Waals surface area (Å²) in [4.78, 5) is 14.3. The molecule has 0 aromatic carbocycles. The van der Waals surface area contributed by atoms with Gasteiger partial charge in [-0.3, -0.25) is 9.48 Å². The van der Waals surface area contributed by atoms with E-state index >= 15 is 0 Å². The van der Waals surface area contributed by atoms with Crippen LogP contribution in [0.4, 0.5) is 0 Å². The van der Waals surface area contributed by atoms with Crippen molar-refractivity contribution in [2.45, 2.75) is 45.9 Å². The summed E-state index contributed by atoms with van der Waals surface area (Å²) in [5, 5.41) is 15.9. The highest BCUT2D eigenvalue weighted by Gasteiger charge is 2.33. The lowest BCUT2D eigenvalue weighted by molar-refractivity contribution is -0.134. The molecule has 0 bridgehead atoms. The number of nitrogens with one attached hydrogen (secondary N) is 1. The Balaban J connectivity index is 1.66. The summed E-state index contributed by atoms with van der Waals surface area (Å²) in [6.45, 7) is 5.67. The maximum Gasteiger partial charge on any atom is 0.226 e. The summed E-state index contributed by atoms with van der Waals surface area (Å²) in [5.74, 6) is -0.210. The zero-order valence-electron chi connectivity index (χ0n) is 14.4. The lowest BCUT2D eigenvalue weighted by Crippen LogP contribution is -2.37. The van der Waals surface area contributed by atoms with E-state index in [1.165, 1.54) is 0 Å². The molecule has 8 nitrogen and oxygen atoms in total. The van der Waals surface area contributed by atoms with Gasteiger partial charge in [0.25, 0.3) is 0 Å². The van der Waals surface area contributed by atoms with E-state index < -0.39 is 0 Å². The molecule has 1 saturated heterocycles. The minimum absolute atomic E-state index is 0.00555. The summed E-state index contributed by atoms with van der Waals surface area (Å²) < 4.78 is 7.59. The quantitative estimate of drug-likeness (QED) is 0.887. The maximum absolute atomic E-state index is 12.7. The molecule has 1 aliphatic heterocycles. The van der Waals surface area contributed by atoms with Gasteiger partial charge in [-0.25, -0.2) is 0 Å². The fourth-order valence-corrected chi connectivity index (χ4v) is 3.04. The van der Waals surface area contributed by atoms with E-state index in [2.05, 4.69) is 20.6 Å². The Morgan fingerprint density at radius 3 is 2.96 bits per heavy atom. The van der Waals surface area contributed by atoms with E-state index in [1.807, 2.05) is 27.1 Å².